The second kappa shape index (κ2) is 1.60. The van der Waals surface area contributed by atoms with E-state index in [9.17, 15) is 0 Å². The standard InChI is InChI=1S/C3H3BrNO/c4-3-5-1-2-6-3/h1H,2H2. The van der Waals surface area contributed by atoms with Gasteiger partial charge in [-0.1, -0.05) is 0 Å². The molecule has 0 amide bonds. The summed E-state index contributed by atoms with van der Waals surface area (Å²) in [5.74, 6) is 0. The molecule has 0 aromatic carbocycles. The number of ether oxygens (including phenoxy) is 1. The van der Waals surface area contributed by atoms with Crippen LogP contribution in [0.25, 0.3) is 0 Å². The highest BCUT2D eigenvalue weighted by Gasteiger charge is 1.99. The van der Waals surface area contributed by atoms with Gasteiger partial charge < -0.3 is 4.74 Å². The van der Waals surface area contributed by atoms with Crippen molar-refractivity contribution in [3.05, 3.63) is 6.54 Å². The van der Waals surface area contributed by atoms with Crippen molar-refractivity contribution in [1.82, 2.24) is 0 Å². The van der Waals surface area contributed by atoms with Crippen LogP contribution in [0.2, 0.25) is 0 Å². The Bertz CT molecular complexity index is 80.9. The fourth-order valence-corrected chi connectivity index (χ4v) is 0.529. The summed E-state index contributed by atoms with van der Waals surface area (Å²) in [6.07, 6.45) is 0. The predicted octanol–water partition coefficient (Wildman–Crippen LogP) is 0.929. The Morgan fingerprint density at radius 3 is 3.00 bits per heavy atom. The molecule has 2 nitrogen and oxygen atoms in total. The zero-order valence-electron chi connectivity index (χ0n) is 3.02. The van der Waals surface area contributed by atoms with E-state index in [2.05, 4.69) is 20.9 Å². The van der Waals surface area contributed by atoms with Gasteiger partial charge in [-0.2, -0.15) is 0 Å². The first-order chi connectivity index (χ1) is 2.89. The molecule has 0 saturated carbocycles. The molecule has 0 unspecified atom stereocenters. The first kappa shape index (κ1) is 4.12. The zero-order chi connectivity index (χ0) is 4.41. The quantitative estimate of drug-likeness (QED) is 0.501. The summed E-state index contributed by atoms with van der Waals surface area (Å²) in [4.78, 5) is 4.31. The molecule has 1 rings (SSSR count). The normalized spacial score (nSPS) is 19.8. The summed E-state index contributed by atoms with van der Waals surface area (Å²) < 4.78 is 4.76. The van der Waals surface area contributed by atoms with E-state index in [-0.39, 0.29) is 0 Å². The molecular weight excluding hydrogens is 146 g/mol. The van der Waals surface area contributed by atoms with Gasteiger partial charge in [-0.05, 0) is 0 Å². The number of rotatable bonds is 0. The van der Waals surface area contributed by atoms with E-state index < -0.39 is 0 Å². The SMILES string of the molecule is BrC1=N[CH]CO1. The van der Waals surface area contributed by atoms with Crippen LogP contribution in [0.15, 0.2) is 4.99 Å². The molecule has 1 aliphatic rings. The molecule has 0 bridgehead atoms. The van der Waals surface area contributed by atoms with E-state index in [4.69, 9.17) is 4.74 Å². The molecule has 0 fully saturated rings. The molecule has 1 aliphatic heterocycles. The molecule has 3 heteroatoms. The van der Waals surface area contributed by atoms with Crippen molar-refractivity contribution in [2.75, 3.05) is 6.61 Å². The summed E-state index contributed by atoms with van der Waals surface area (Å²) in [5, 5.41) is 0. The lowest BCUT2D eigenvalue weighted by Crippen LogP contribution is -1.83. The van der Waals surface area contributed by atoms with Crippen molar-refractivity contribution in [2.45, 2.75) is 0 Å². The topological polar surface area (TPSA) is 21.6 Å². The summed E-state index contributed by atoms with van der Waals surface area (Å²) >= 11 is 3.03. The average Bonchev–Trinajstić information content (AvgIpc) is 1.86. The van der Waals surface area contributed by atoms with Gasteiger partial charge >= 0.3 is 0 Å². The maximum Gasteiger partial charge on any atom is 0.254 e. The fraction of sp³-hybridized carbons (Fsp3) is 0.333. The predicted molar refractivity (Wildman–Crippen MR) is 26.6 cm³/mol. The van der Waals surface area contributed by atoms with Crippen molar-refractivity contribution < 1.29 is 4.74 Å². The van der Waals surface area contributed by atoms with Crippen molar-refractivity contribution in [1.29, 1.82) is 0 Å². The molecule has 6 heavy (non-hydrogen) atoms. The summed E-state index contributed by atoms with van der Waals surface area (Å²) in [6, 6.07) is 0. The maximum absolute atomic E-state index is 4.76. The van der Waals surface area contributed by atoms with E-state index in [0.29, 0.717) is 11.4 Å². The zero-order valence-corrected chi connectivity index (χ0v) is 4.60. The van der Waals surface area contributed by atoms with Crippen LogP contribution in [0.3, 0.4) is 0 Å². The lowest BCUT2D eigenvalue weighted by molar-refractivity contribution is 0.372. The number of halogens is 1. The third-order valence-corrected chi connectivity index (χ3v) is 0.903. The molecule has 0 aromatic heterocycles. The van der Waals surface area contributed by atoms with Gasteiger partial charge in [0.05, 0.1) is 0 Å². The Morgan fingerprint density at radius 1 is 2.00 bits per heavy atom. The van der Waals surface area contributed by atoms with E-state index >= 15 is 0 Å². The molecular formula is C3H3BrNO. The number of hydrogen-bond donors (Lipinski definition) is 0. The van der Waals surface area contributed by atoms with E-state index in [1.165, 1.54) is 0 Å². The van der Waals surface area contributed by atoms with E-state index in [1.54, 1.807) is 6.54 Å². The molecule has 0 saturated heterocycles. The third-order valence-electron chi connectivity index (χ3n) is 0.470. The van der Waals surface area contributed by atoms with Gasteiger partial charge in [-0.15, -0.1) is 0 Å². The largest absolute Gasteiger partial charge is 0.470 e. The highest BCUT2D eigenvalue weighted by molar-refractivity contribution is 9.18. The van der Waals surface area contributed by atoms with Gasteiger partial charge in [0.2, 0.25) is 0 Å². The van der Waals surface area contributed by atoms with Crippen molar-refractivity contribution in [2.24, 2.45) is 4.99 Å². The Labute approximate surface area is 44.3 Å². The molecule has 0 atom stereocenters. The van der Waals surface area contributed by atoms with Crippen LogP contribution >= 0.6 is 15.9 Å². The highest BCUT2D eigenvalue weighted by atomic mass is 79.9. The number of aliphatic imine (C=N–C) groups is 1. The first-order valence-electron chi connectivity index (χ1n) is 1.57. The van der Waals surface area contributed by atoms with Crippen molar-refractivity contribution in [3.8, 4) is 0 Å². The lowest BCUT2D eigenvalue weighted by atomic mass is 10.8. The minimum absolute atomic E-state index is 0.586. The van der Waals surface area contributed by atoms with Crippen LogP contribution < -0.4 is 0 Å². The van der Waals surface area contributed by atoms with Crippen LogP contribution in [-0.2, 0) is 4.74 Å². The van der Waals surface area contributed by atoms with E-state index in [0.717, 1.165) is 0 Å². The Hall–Kier alpha value is -0.0500. The van der Waals surface area contributed by atoms with Crippen LogP contribution in [-0.4, -0.2) is 11.4 Å². The molecule has 1 radical (unpaired) electrons. The van der Waals surface area contributed by atoms with Crippen LogP contribution in [0, 0.1) is 6.54 Å². The summed E-state index contributed by atoms with van der Waals surface area (Å²) in [7, 11) is 0. The summed E-state index contributed by atoms with van der Waals surface area (Å²) in [5.41, 5.74) is 0. The monoisotopic (exact) mass is 148 g/mol. The number of nitrogens with zero attached hydrogens (tertiary/aromatic N) is 1. The van der Waals surface area contributed by atoms with Gasteiger partial charge in [0.25, 0.3) is 4.81 Å². The van der Waals surface area contributed by atoms with Crippen LogP contribution in [0.4, 0.5) is 0 Å². The Kier molecular flexibility index (Phi) is 1.10. The average molecular weight is 149 g/mol. The summed E-state index contributed by atoms with van der Waals surface area (Å²) in [6.45, 7) is 2.31. The van der Waals surface area contributed by atoms with Crippen LogP contribution in [0.1, 0.15) is 0 Å². The minimum atomic E-state index is 0.586. The molecule has 0 aliphatic carbocycles. The van der Waals surface area contributed by atoms with Crippen LogP contribution in [0.5, 0.6) is 0 Å². The number of hydrogen-bond acceptors (Lipinski definition) is 2. The molecule has 0 spiro atoms. The van der Waals surface area contributed by atoms with Gasteiger partial charge in [-0.25, -0.2) is 4.99 Å². The molecule has 33 valence electrons. The van der Waals surface area contributed by atoms with Gasteiger partial charge in [-0.3, -0.25) is 0 Å². The first-order valence-corrected chi connectivity index (χ1v) is 2.36. The van der Waals surface area contributed by atoms with Gasteiger partial charge in [0.15, 0.2) is 0 Å². The van der Waals surface area contributed by atoms with Crippen molar-refractivity contribution in [3.63, 3.8) is 0 Å². The van der Waals surface area contributed by atoms with E-state index in [1.807, 2.05) is 0 Å². The Morgan fingerprint density at radius 2 is 2.83 bits per heavy atom. The molecule has 0 N–H and O–H groups in total. The second-order valence-electron chi connectivity index (χ2n) is 0.876. The Balaban J connectivity index is 2.45. The van der Waals surface area contributed by atoms with Gasteiger partial charge in [0.1, 0.15) is 13.2 Å². The fourth-order valence-electron chi connectivity index (χ4n) is 0.252. The smallest absolute Gasteiger partial charge is 0.254 e. The second-order valence-corrected chi connectivity index (χ2v) is 1.55. The van der Waals surface area contributed by atoms with Crippen molar-refractivity contribution >= 4 is 20.7 Å². The minimum Gasteiger partial charge on any atom is -0.470 e. The highest BCUT2D eigenvalue weighted by Crippen LogP contribution is 2.01. The van der Waals surface area contributed by atoms with Gasteiger partial charge in [0, 0.05) is 15.9 Å². The molecule has 1 heterocycles. The molecule has 0 aromatic rings. The lowest BCUT2D eigenvalue weighted by Gasteiger charge is -1.83. The maximum atomic E-state index is 4.76. The third kappa shape index (κ3) is 0.712.